The van der Waals surface area contributed by atoms with Gasteiger partial charge in [-0.05, 0) is 43.4 Å². The van der Waals surface area contributed by atoms with Crippen LogP contribution in [-0.2, 0) is 16.1 Å². The zero-order chi connectivity index (χ0) is 20.4. The van der Waals surface area contributed by atoms with Crippen molar-refractivity contribution in [2.75, 3.05) is 18.4 Å². The molecule has 2 aliphatic rings. The van der Waals surface area contributed by atoms with Gasteiger partial charge in [-0.2, -0.15) is 0 Å². The Hall–Kier alpha value is -2.60. The lowest BCUT2D eigenvalue weighted by Gasteiger charge is -2.31. The van der Waals surface area contributed by atoms with Gasteiger partial charge in [0.05, 0.1) is 12.2 Å². The maximum absolute atomic E-state index is 12.7. The maximum Gasteiger partial charge on any atom is 0.250 e. The Morgan fingerprint density at radius 1 is 1.00 bits per heavy atom. The minimum Gasteiger partial charge on any atom is -0.342 e. The highest BCUT2D eigenvalue weighted by Crippen LogP contribution is 2.32. The summed E-state index contributed by atoms with van der Waals surface area (Å²) < 4.78 is 1.54. The normalized spacial score (nSPS) is 17.2. The van der Waals surface area contributed by atoms with E-state index in [1.807, 2.05) is 23.1 Å². The quantitative estimate of drug-likeness (QED) is 0.818. The third-order valence-electron chi connectivity index (χ3n) is 5.65. The van der Waals surface area contributed by atoms with Gasteiger partial charge in [0.2, 0.25) is 11.8 Å². The van der Waals surface area contributed by atoms with Gasteiger partial charge in [0.25, 0.3) is 5.56 Å². The molecule has 1 saturated carbocycles. The SMILES string of the molecule is O=C(Nc1ccc(=O)n(Cc2ccccc2Cl)c1)C1CCN(C(=O)C2CC2)CC1. The molecule has 1 aromatic heterocycles. The fourth-order valence-electron chi connectivity index (χ4n) is 3.73. The number of halogens is 1. The van der Waals surface area contributed by atoms with E-state index in [9.17, 15) is 14.4 Å². The summed E-state index contributed by atoms with van der Waals surface area (Å²) in [7, 11) is 0. The molecule has 29 heavy (non-hydrogen) atoms. The molecule has 0 radical (unpaired) electrons. The van der Waals surface area contributed by atoms with Crippen molar-refractivity contribution in [1.82, 2.24) is 9.47 Å². The first-order chi connectivity index (χ1) is 14.0. The van der Waals surface area contributed by atoms with Crippen LogP contribution in [0.5, 0.6) is 0 Å². The molecular formula is C22H24ClN3O3. The van der Waals surface area contributed by atoms with Crippen LogP contribution in [0.3, 0.4) is 0 Å². The molecule has 1 saturated heterocycles. The minimum absolute atomic E-state index is 0.0635. The zero-order valence-electron chi connectivity index (χ0n) is 16.1. The fraction of sp³-hybridized carbons (Fsp3) is 0.409. The molecule has 0 atom stereocenters. The van der Waals surface area contributed by atoms with Gasteiger partial charge in [-0.3, -0.25) is 14.4 Å². The Labute approximate surface area is 174 Å². The molecule has 0 unspecified atom stereocenters. The van der Waals surface area contributed by atoms with Crippen LogP contribution in [0.2, 0.25) is 5.02 Å². The van der Waals surface area contributed by atoms with E-state index < -0.39 is 0 Å². The molecule has 4 rings (SSSR count). The summed E-state index contributed by atoms with van der Waals surface area (Å²) in [6.07, 6.45) is 4.99. The Bertz CT molecular complexity index is 975. The van der Waals surface area contributed by atoms with Crippen LogP contribution in [-0.4, -0.2) is 34.4 Å². The lowest BCUT2D eigenvalue weighted by Crippen LogP contribution is -2.42. The van der Waals surface area contributed by atoms with Gasteiger partial charge in [0.1, 0.15) is 0 Å². The summed E-state index contributed by atoms with van der Waals surface area (Å²) in [6, 6.07) is 10.4. The summed E-state index contributed by atoms with van der Waals surface area (Å²) in [4.78, 5) is 38.9. The molecular weight excluding hydrogens is 390 g/mol. The van der Waals surface area contributed by atoms with E-state index in [1.165, 1.54) is 10.6 Å². The van der Waals surface area contributed by atoms with E-state index in [0.29, 0.717) is 43.2 Å². The number of pyridine rings is 1. The number of rotatable bonds is 5. The van der Waals surface area contributed by atoms with Gasteiger partial charge < -0.3 is 14.8 Å². The molecule has 2 fully saturated rings. The summed E-state index contributed by atoms with van der Waals surface area (Å²) >= 11 is 6.20. The second-order valence-corrected chi connectivity index (χ2v) is 8.25. The number of nitrogens with zero attached hydrogens (tertiary/aromatic N) is 2. The maximum atomic E-state index is 12.7. The number of carbonyl (C=O) groups excluding carboxylic acids is 2. The Balaban J connectivity index is 1.38. The van der Waals surface area contributed by atoms with Gasteiger partial charge in [-0.1, -0.05) is 29.8 Å². The smallest absolute Gasteiger partial charge is 0.250 e. The molecule has 2 heterocycles. The lowest BCUT2D eigenvalue weighted by molar-refractivity contribution is -0.135. The molecule has 1 aliphatic carbocycles. The number of benzene rings is 1. The second-order valence-electron chi connectivity index (χ2n) is 7.84. The summed E-state index contributed by atoms with van der Waals surface area (Å²) in [5.74, 6) is 0.281. The summed E-state index contributed by atoms with van der Waals surface area (Å²) in [5, 5.41) is 3.52. The predicted molar refractivity (Wildman–Crippen MR) is 112 cm³/mol. The van der Waals surface area contributed by atoms with Crippen molar-refractivity contribution < 1.29 is 9.59 Å². The highest BCUT2D eigenvalue weighted by Gasteiger charge is 2.35. The van der Waals surface area contributed by atoms with Gasteiger partial charge in [0.15, 0.2) is 0 Å². The second kappa shape index (κ2) is 8.41. The minimum atomic E-state index is -0.158. The first-order valence-electron chi connectivity index (χ1n) is 10.0. The average molecular weight is 414 g/mol. The number of hydrogen-bond donors (Lipinski definition) is 1. The van der Waals surface area contributed by atoms with Crippen LogP contribution in [0.25, 0.3) is 0 Å². The molecule has 1 aromatic carbocycles. The van der Waals surface area contributed by atoms with Crippen LogP contribution >= 0.6 is 11.6 Å². The molecule has 7 heteroatoms. The van der Waals surface area contributed by atoms with Crippen LogP contribution < -0.4 is 10.9 Å². The third-order valence-corrected chi connectivity index (χ3v) is 6.02. The van der Waals surface area contributed by atoms with Crippen molar-refractivity contribution in [1.29, 1.82) is 0 Å². The zero-order valence-corrected chi connectivity index (χ0v) is 16.9. The van der Waals surface area contributed by atoms with E-state index in [-0.39, 0.29) is 29.2 Å². The number of piperidine rings is 1. The number of nitrogens with one attached hydrogen (secondary N) is 1. The first-order valence-corrected chi connectivity index (χ1v) is 10.4. The third kappa shape index (κ3) is 4.70. The number of carbonyl (C=O) groups is 2. The molecule has 1 aliphatic heterocycles. The molecule has 6 nitrogen and oxygen atoms in total. The van der Waals surface area contributed by atoms with Crippen molar-refractivity contribution >= 4 is 29.1 Å². The summed E-state index contributed by atoms with van der Waals surface area (Å²) in [6.45, 7) is 1.61. The molecule has 1 N–H and O–H groups in total. The molecule has 0 spiro atoms. The van der Waals surface area contributed by atoms with Gasteiger partial charge in [-0.25, -0.2) is 0 Å². The standard InChI is InChI=1S/C22H24ClN3O3/c23-19-4-2-1-3-17(19)13-26-14-18(7-8-20(26)27)24-21(28)15-9-11-25(12-10-15)22(29)16-5-6-16/h1-4,7-8,14-16H,5-6,9-13H2,(H,24,28). The van der Waals surface area contributed by atoms with E-state index in [4.69, 9.17) is 11.6 Å². The van der Waals surface area contributed by atoms with Crippen LogP contribution in [0.1, 0.15) is 31.2 Å². The van der Waals surface area contributed by atoms with E-state index >= 15 is 0 Å². The molecule has 2 aromatic rings. The Morgan fingerprint density at radius 3 is 2.41 bits per heavy atom. The largest absolute Gasteiger partial charge is 0.342 e. The monoisotopic (exact) mass is 413 g/mol. The van der Waals surface area contributed by atoms with Crippen molar-refractivity contribution in [2.24, 2.45) is 11.8 Å². The Kier molecular flexibility index (Phi) is 5.72. The number of likely N-dealkylation sites (tertiary alicyclic amines) is 1. The predicted octanol–water partition coefficient (Wildman–Crippen LogP) is 3.14. The average Bonchev–Trinajstić information content (AvgIpc) is 3.57. The first kappa shape index (κ1) is 19.7. The molecule has 0 bridgehead atoms. The highest BCUT2D eigenvalue weighted by atomic mass is 35.5. The van der Waals surface area contributed by atoms with Crippen LogP contribution in [0.15, 0.2) is 47.4 Å². The lowest BCUT2D eigenvalue weighted by atomic mass is 9.95. The topological polar surface area (TPSA) is 71.4 Å². The van der Waals surface area contributed by atoms with Crippen LogP contribution in [0.4, 0.5) is 5.69 Å². The van der Waals surface area contributed by atoms with Crippen molar-refractivity contribution in [3.63, 3.8) is 0 Å². The fourth-order valence-corrected chi connectivity index (χ4v) is 3.93. The van der Waals surface area contributed by atoms with Gasteiger partial charge >= 0.3 is 0 Å². The number of aromatic nitrogens is 1. The molecule has 2 amide bonds. The van der Waals surface area contributed by atoms with E-state index in [2.05, 4.69) is 5.32 Å². The number of hydrogen-bond acceptors (Lipinski definition) is 3. The van der Waals surface area contributed by atoms with E-state index in [0.717, 1.165) is 18.4 Å². The Morgan fingerprint density at radius 2 is 1.72 bits per heavy atom. The van der Waals surface area contributed by atoms with Crippen molar-refractivity contribution in [2.45, 2.75) is 32.2 Å². The van der Waals surface area contributed by atoms with E-state index in [1.54, 1.807) is 18.3 Å². The van der Waals surface area contributed by atoms with Crippen molar-refractivity contribution in [3.8, 4) is 0 Å². The summed E-state index contributed by atoms with van der Waals surface area (Å²) in [5.41, 5.74) is 1.26. The van der Waals surface area contributed by atoms with Gasteiger partial charge in [0, 0.05) is 42.2 Å². The van der Waals surface area contributed by atoms with Crippen molar-refractivity contribution in [3.05, 3.63) is 63.5 Å². The molecule has 152 valence electrons. The number of anilines is 1. The van der Waals surface area contributed by atoms with Crippen LogP contribution in [0, 0.1) is 11.8 Å². The highest BCUT2D eigenvalue weighted by molar-refractivity contribution is 6.31. The number of amides is 2. The van der Waals surface area contributed by atoms with Gasteiger partial charge in [-0.15, -0.1) is 0 Å².